The highest BCUT2D eigenvalue weighted by Gasteiger charge is 2.80. The minimum Gasteiger partial charge on any atom is -0.330 e. The summed E-state index contributed by atoms with van der Waals surface area (Å²) < 4.78 is 127. The molecule has 4 aromatic carbocycles. The first-order valence-corrected chi connectivity index (χ1v) is 26.7. The molecule has 342 valence electrons. The quantitative estimate of drug-likeness (QED) is 0.0775. The highest BCUT2D eigenvalue weighted by Crippen LogP contribution is 2.56. The van der Waals surface area contributed by atoms with Crippen LogP contribution in [-0.2, 0) is 39.3 Å². The highest BCUT2D eigenvalue weighted by atomic mass is 32.3. The number of nitrogens with two attached hydrogens (primary N) is 2. The van der Waals surface area contributed by atoms with Crippen LogP contribution in [0.15, 0.2) is 68.1 Å². The summed E-state index contributed by atoms with van der Waals surface area (Å²) in [6.45, 7) is 18.4. The Balaban J connectivity index is 2.65. The maximum Gasteiger partial charge on any atom is 0.267 e. The van der Waals surface area contributed by atoms with E-state index >= 15 is 33.7 Å². The lowest BCUT2D eigenvalue weighted by molar-refractivity contribution is 0.408. The largest absolute Gasteiger partial charge is 0.330 e. The maximum absolute atomic E-state index is 16.9. The van der Waals surface area contributed by atoms with Gasteiger partial charge < -0.3 is 16.8 Å². The maximum atomic E-state index is 16.9. The molecule has 0 amide bonds. The van der Waals surface area contributed by atoms with Crippen LogP contribution in [0.2, 0.25) is 0 Å². The van der Waals surface area contributed by atoms with Crippen LogP contribution in [0.1, 0.15) is 86.0 Å². The van der Waals surface area contributed by atoms with E-state index in [0.717, 1.165) is 0 Å². The third-order valence-corrected chi connectivity index (χ3v) is 24.7. The van der Waals surface area contributed by atoms with Gasteiger partial charge in [-0.1, -0.05) is 70.8 Å². The molecule has 0 aliphatic rings. The van der Waals surface area contributed by atoms with Gasteiger partial charge in [-0.05, 0) is 180 Å². The van der Waals surface area contributed by atoms with Gasteiger partial charge in [-0.2, -0.15) is 0 Å². The third kappa shape index (κ3) is 8.46. The fourth-order valence-electron chi connectivity index (χ4n) is 9.75. The lowest BCUT2D eigenvalue weighted by Crippen LogP contribution is -2.77. The lowest BCUT2D eigenvalue weighted by Gasteiger charge is -2.49. The highest BCUT2D eigenvalue weighted by molar-refractivity contribution is 8.17. The van der Waals surface area contributed by atoms with Gasteiger partial charge in [0, 0.05) is 0 Å². The molecule has 0 atom stereocenters. The van der Waals surface area contributed by atoms with Crippen LogP contribution in [0.3, 0.4) is 0 Å². The van der Waals surface area contributed by atoms with Crippen molar-refractivity contribution in [3.8, 4) is 0 Å². The Morgan fingerprint density at radius 2 is 0.661 bits per heavy atom. The topological polar surface area (TPSA) is 213 Å². The molecule has 0 unspecified atom stereocenters. The average Bonchev–Trinajstić information content (AvgIpc) is 3.09. The molecule has 0 aliphatic heterocycles. The second-order valence-corrected chi connectivity index (χ2v) is 25.8. The van der Waals surface area contributed by atoms with Crippen LogP contribution in [0.4, 0.5) is 0 Å². The van der Waals surface area contributed by atoms with Crippen LogP contribution in [0.25, 0.3) is 0 Å². The van der Waals surface area contributed by atoms with Gasteiger partial charge in [-0.3, -0.25) is 5.32 Å². The smallest absolute Gasteiger partial charge is 0.267 e. The van der Waals surface area contributed by atoms with Crippen molar-refractivity contribution in [3.05, 3.63) is 115 Å². The minimum absolute atomic E-state index is 0.0549. The van der Waals surface area contributed by atoms with E-state index in [0.29, 0.717) is 28.7 Å². The number of hydrogen-bond donors (Lipinski definition) is 4. The summed E-state index contributed by atoms with van der Waals surface area (Å²) in [6.07, 6.45) is -0.691. The van der Waals surface area contributed by atoms with E-state index in [1.807, 2.05) is 0 Å². The molecule has 0 fully saturated rings. The van der Waals surface area contributed by atoms with Crippen molar-refractivity contribution in [2.45, 2.75) is 130 Å². The molecular weight excluding hydrogens is 865 g/mol. The number of rotatable bonds is 19. The van der Waals surface area contributed by atoms with Gasteiger partial charge in [0.1, 0.15) is 0 Å². The molecule has 6 N–H and O–H groups in total. The fourth-order valence-corrected chi connectivity index (χ4v) is 24.0. The minimum atomic E-state index is -5.77. The molecule has 4 aromatic rings. The molecule has 0 bridgehead atoms. The van der Waals surface area contributed by atoms with Gasteiger partial charge in [0.2, 0.25) is 43.4 Å². The third-order valence-electron chi connectivity index (χ3n) is 11.5. The summed E-state index contributed by atoms with van der Waals surface area (Å²) in [6, 6.07) is 12.5. The molecule has 12 nitrogen and oxygen atoms in total. The molecule has 62 heavy (non-hydrogen) atoms. The van der Waals surface area contributed by atoms with Gasteiger partial charge in [0.25, 0.3) is 4.20 Å². The van der Waals surface area contributed by atoms with Gasteiger partial charge in [-0.25, -0.2) is 33.7 Å². The summed E-state index contributed by atoms with van der Waals surface area (Å²) in [5, 5.41) is 5.93. The predicted molar refractivity (Wildman–Crippen MR) is 250 cm³/mol. The Hall–Kier alpha value is -3.48. The zero-order chi connectivity index (χ0) is 47.0. The van der Waals surface area contributed by atoms with E-state index in [4.69, 9.17) is 11.5 Å². The van der Waals surface area contributed by atoms with Crippen molar-refractivity contribution in [3.63, 3.8) is 0 Å². The van der Waals surface area contributed by atoms with Crippen molar-refractivity contribution in [1.82, 2.24) is 10.6 Å². The van der Waals surface area contributed by atoms with Crippen LogP contribution < -0.4 is 22.1 Å². The van der Waals surface area contributed by atoms with Gasteiger partial charge in [-0.15, -0.1) is 0 Å². The predicted octanol–water partition coefficient (Wildman–Crippen LogP) is 6.20. The lowest BCUT2D eigenvalue weighted by atomic mass is 10.1. The Morgan fingerprint density at radius 3 is 0.935 bits per heavy atom. The number of sulfone groups is 4. The molecule has 0 aliphatic carbocycles. The van der Waals surface area contributed by atoms with E-state index in [2.05, 4.69) is 10.6 Å². The molecule has 0 radical (unpaired) electrons. The molecule has 4 rings (SSSR count). The van der Waals surface area contributed by atoms with Crippen LogP contribution >= 0.6 is 0 Å². The molecule has 16 heteroatoms. The fraction of sp³-hybridized carbons (Fsp3) is 0.478. The van der Waals surface area contributed by atoms with Crippen LogP contribution in [-0.4, -0.2) is 74.7 Å². The van der Waals surface area contributed by atoms with Crippen LogP contribution in [0.5, 0.6) is 0 Å². The number of benzene rings is 4. The molecule has 0 saturated carbocycles. The monoisotopic (exact) mass is 930 g/mol. The second-order valence-electron chi connectivity index (χ2n) is 17.0. The standard InChI is InChI=1S/C46H66N4O8S4/c1-29-21-33(5)41(34(6)22-29)59(51,52)45(15-20-49-18-13-16-47,60(53,54)42-35(7)23-30(2)24-36(42)8)46(50-19-14-17-48,61(55,56)43-37(9)25-31(3)26-38(43)10)62(57,58)44-39(11)27-32(4)28-40(44)12/h21-28,49-50H,13-20,47-48H2,1-12H3. The Morgan fingerprint density at radius 1 is 0.403 bits per heavy atom. The van der Waals surface area contributed by atoms with Gasteiger partial charge in [0.05, 0.1) is 19.6 Å². The molecule has 0 saturated heterocycles. The van der Waals surface area contributed by atoms with Crippen molar-refractivity contribution < 1.29 is 33.7 Å². The van der Waals surface area contributed by atoms with E-state index in [-0.39, 0.29) is 70.6 Å². The molecule has 0 aromatic heterocycles. The zero-order valence-corrected chi connectivity index (χ0v) is 41.6. The van der Waals surface area contributed by atoms with E-state index in [1.54, 1.807) is 76.2 Å². The van der Waals surface area contributed by atoms with Crippen molar-refractivity contribution >= 4 is 39.3 Å². The first-order valence-electron chi connectivity index (χ1n) is 20.8. The molecule has 0 heterocycles. The van der Waals surface area contributed by atoms with Crippen LogP contribution in [0, 0.1) is 83.1 Å². The summed E-state index contributed by atoms with van der Waals surface area (Å²) in [4.78, 5) is -1.98. The average molecular weight is 931 g/mol. The number of aryl methyl sites for hydroxylation is 12. The summed E-state index contributed by atoms with van der Waals surface area (Å²) >= 11 is 0. The molecular formula is C46H66N4O8S4. The zero-order valence-electron chi connectivity index (χ0n) is 38.3. The van der Waals surface area contributed by atoms with Crippen molar-refractivity contribution in [1.29, 1.82) is 0 Å². The summed E-state index contributed by atoms with van der Waals surface area (Å²) in [7, 11) is -23.0. The normalized spacial score (nSPS) is 13.2. The SMILES string of the molecule is Cc1cc(C)c(S(=O)(=O)C(CCNCCCN)(C(NCCCN)(S(=O)(=O)c2c(C)cc(C)cc2C)S(=O)(=O)c2c(C)cc(C)cc2C)S(=O)(=O)c2c(C)cc(C)cc2C)c(C)c1. The number of hydrogen-bond acceptors (Lipinski definition) is 12. The van der Waals surface area contributed by atoms with E-state index < -0.39 is 86.7 Å². The van der Waals surface area contributed by atoms with Gasteiger partial charge >= 0.3 is 0 Å². The van der Waals surface area contributed by atoms with Crippen molar-refractivity contribution in [2.75, 3.05) is 32.7 Å². The van der Waals surface area contributed by atoms with Crippen molar-refractivity contribution in [2.24, 2.45) is 11.5 Å². The molecule has 0 spiro atoms. The number of nitrogens with one attached hydrogen (secondary N) is 2. The van der Waals surface area contributed by atoms with Gasteiger partial charge in [0.15, 0.2) is 0 Å². The van der Waals surface area contributed by atoms with E-state index in [1.165, 1.54) is 55.4 Å². The first kappa shape index (κ1) is 51.2. The summed E-state index contributed by atoms with van der Waals surface area (Å²) in [5.41, 5.74) is 15.4. The summed E-state index contributed by atoms with van der Waals surface area (Å²) in [5.74, 6) is 0. The second kappa shape index (κ2) is 18.9. The first-order chi connectivity index (χ1) is 28.7. The Bertz CT molecular complexity index is 2550. The Kier molecular flexibility index (Phi) is 15.6. The Labute approximate surface area is 371 Å². The van der Waals surface area contributed by atoms with E-state index in [9.17, 15) is 0 Å².